The number of hydrogen-bond acceptors (Lipinski definition) is 5. The van der Waals surface area contributed by atoms with E-state index < -0.39 is 5.97 Å². The van der Waals surface area contributed by atoms with Crippen molar-refractivity contribution in [3.8, 4) is 0 Å². The van der Waals surface area contributed by atoms with Crippen LogP contribution in [0.3, 0.4) is 0 Å². The molecule has 1 atom stereocenters. The highest BCUT2D eigenvalue weighted by molar-refractivity contribution is 5.57. The van der Waals surface area contributed by atoms with Crippen LogP contribution < -0.4 is 5.73 Å². The molecule has 0 aliphatic rings. The lowest BCUT2D eigenvalue weighted by Crippen LogP contribution is -2.44. The summed E-state index contributed by atoms with van der Waals surface area (Å²) in [5, 5.41) is 0. The van der Waals surface area contributed by atoms with Gasteiger partial charge in [-0.2, -0.15) is 0 Å². The molecule has 5 heteroatoms. The third-order valence-electron chi connectivity index (χ3n) is 4.29. The Bertz CT molecular complexity index is 273. The van der Waals surface area contributed by atoms with Crippen LogP contribution in [-0.2, 0) is 14.2 Å². The zero-order chi connectivity index (χ0) is 17.4. The van der Waals surface area contributed by atoms with Gasteiger partial charge >= 0.3 is 0 Å². The van der Waals surface area contributed by atoms with E-state index in [1.165, 1.54) is 38.5 Å². The highest BCUT2D eigenvalue weighted by atomic mass is 16.9. The smallest absolute Gasteiger partial charge is 0.285 e. The van der Waals surface area contributed by atoms with Gasteiger partial charge in [-0.25, -0.2) is 0 Å². The number of unbranched alkanes of at least 4 members (excludes halogenated alkanes) is 5. The summed E-state index contributed by atoms with van der Waals surface area (Å²) in [6.07, 6.45) is 12.5. The zero-order valence-electron chi connectivity index (χ0n) is 15.7. The number of hydrogen-bond donors (Lipinski definition) is 1. The van der Waals surface area contributed by atoms with E-state index in [1.807, 2.05) is 6.21 Å². The minimum Gasteiger partial charge on any atom is -0.331 e. The molecule has 0 rings (SSSR count). The van der Waals surface area contributed by atoms with E-state index in [0.29, 0.717) is 13.1 Å². The van der Waals surface area contributed by atoms with Crippen LogP contribution in [0, 0.1) is 5.92 Å². The normalized spacial score (nSPS) is 13.8. The summed E-state index contributed by atoms with van der Waals surface area (Å²) in [5.41, 5.74) is 5.45. The van der Waals surface area contributed by atoms with Gasteiger partial charge < -0.3 is 19.9 Å². The topological polar surface area (TPSA) is 66.1 Å². The van der Waals surface area contributed by atoms with Gasteiger partial charge in [0.05, 0.1) is 6.54 Å². The molecule has 0 aliphatic carbocycles. The van der Waals surface area contributed by atoms with E-state index in [9.17, 15) is 0 Å². The Morgan fingerprint density at radius 2 is 1.57 bits per heavy atom. The first-order chi connectivity index (χ1) is 11.2. The average Bonchev–Trinajstić information content (AvgIpc) is 2.58. The molecule has 0 bridgehead atoms. The Balaban J connectivity index is 4.42. The molecule has 0 aliphatic heterocycles. The lowest BCUT2D eigenvalue weighted by atomic mass is 9.93. The van der Waals surface area contributed by atoms with Crippen LogP contribution in [0.25, 0.3) is 0 Å². The van der Waals surface area contributed by atoms with E-state index in [-0.39, 0.29) is 5.92 Å². The molecule has 0 aromatic heterocycles. The van der Waals surface area contributed by atoms with Gasteiger partial charge in [-0.15, -0.1) is 0 Å². The van der Waals surface area contributed by atoms with E-state index in [4.69, 9.17) is 19.9 Å². The van der Waals surface area contributed by atoms with Crippen molar-refractivity contribution in [3.05, 3.63) is 0 Å². The van der Waals surface area contributed by atoms with Crippen LogP contribution in [-0.4, -0.2) is 46.6 Å². The lowest BCUT2D eigenvalue weighted by molar-refractivity contribution is -0.380. The van der Waals surface area contributed by atoms with Gasteiger partial charge in [0.2, 0.25) is 0 Å². The minimum atomic E-state index is -0.953. The number of methoxy groups -OCH3 is 3. The molecule has 23 heavy (non-hydrogen) atoms. The van der Waals surface area contributed by atoms with E-state index in [1.54, 1.807) is 21.3 Å². The molecule has 0 heterocycles. The summed E-state index contributed by atoms with van der Waals surface area (Å²) in [6, 6.07) is 0. The Morgan fingerprint density at radius 1 is 0.957 bits per heavy atom. The predicted octanol–water partition coefficient (Wildman–Crippen LogP) is 3.76. The molecule has 0 saturated carbocycles. The van der Waals surface area contributed by atoms with Crippen LogP contribution in [0.2, 0.25) is 0 Å². The molecule has 5 nitrogen and oxygen atoms in total. The largest absolute Gasteiger partial charge is 0.331 e. The highest BCUT2D eigenvalue weighted by Gasteiger charge is 2.39. The lowest BCUT2D eigenvalue weighted by Gasteiger charge is -2.36. The zero-order valence-corrected chi connectivity index (χ0v) is 15.7. The number of nitrogens with zero attached hydrogens (tertiary/aromatic N) is 1. The molecular formula is C18H38N2O3. The number of rotatable bonds is 16. The van der Waals surface area contributed by atoms with Crippen molar-refractivity contribution in [2.24, 2.45) is 16.6 Å². The molecule has 0 saturated heterocycles. The summed E-state index contributed by atoms with van der Waals surface area (Å²) in [7, 11) is 4.93. The van der Waals surface area contributed by atoms with Crippen molar-refractivity contribution >= 4 is 6.21 Å². The van der Waals surface area contributed by atoms with Crippen LogP contribution in [0.1, 0.15) is 64.7 Å². The fourth-order valence-corrected chi connectivity index (χ4v) is 2.95. The third kappa shape index (κ3) is 9.40. The van der Waals surface area contributed by atoms with Crippen LogP contribution in [0.5, 0.6) is 0 Å². The van der Waals surface area contributed by atoms with Gasteiger partial charge in [0, 0.05) is 33.8 Å². The molecule has 138 valence electrons. The van der Waals surface area contributed by atoms with E-state index >= 15 is 0 Å². The highest BCUT2D eigenvalue weighted by Crippen LogP contribution is 2.32. The molecule has 1 unspecified atom stereocenters. The maximum atomic E-state index is 5.56. The molecular weight excluding hydrogens is 292 g/mol. The third-order valence-corrected chi connectivity index (χ3v) is 4.29. The van der Waals surface area contributed by atoms with Gasteiger partial charge in [0.25, 0.3) is 5.97 Å². The fraction of sp³-hybridized carbons (Fsp3) is 0.944. The molecule has 0 spiro atoms. The quantitative estimate of drug-likeness (QED) is 0.266. The first-order valence-corrected chi connectivity index (χ1v) is 9.04. The first kappa shape index (κ1) is 22.5. The van der Waals surface area contributed by atoms with Crippen molar-refractivity contribution in [2.45, 2.75) is 70.7 Å². The Morgan fingerprint density at radius 3 is 2.13 bits per heavy atom. The monoisotopic (exact) mass is 330 g/mol. The van der Waals surface area contributed by atoms with Crippen molar-refractivity contribution in [1.29, 1.82) is 0 Å². The standard InChI is InChI=1S/C18H38N2O3/c1-5-6-7-8-9-10-12-17(13-11-15-20-16-14-19)18(21-2,22-3)23-4/h15,17H,5-14,16,19H2,1-4H3. The van der Waals surface area contributed by atoms with Gasteiger partial charge in [-0.05, 0) is 25.5 Å². The van der Waals surface area contributed by atoms with Crippen LogP contribution in [0.15, 0.2) is 4.99 Å². The Hall–Kier alpha value is -0.490. The number of ether oxygens (including phenoxy) is 3. The number of aliphatic imine (C=N–C) groups is 1. The maximum Gasteiger partial charge on any atom is 0.285 e. The van der Waals surface area contributed by atoms with Gasteiger partial charge in [-0.1, -0.05) is 45.4 Å². The van der Waals surface area contributed by atoms with Crippen molar-refractivity contribution in [1.82, 2.24) is 0 Å². The van der Waals surface area contributed by atoms with Gasteiger partial charge in [0.15, 0.2) is 0 Å². The summed E-state index contributed by atoms with van der Waals surface area (Å²) in [5.74, 6) is -0.761. The second-order valence-electron chi connectivity index (χ2n) is 5.92. The molecule has 0 aromatic carbocycles. The molecule has 0 aromatic rings. The molecule has 0 radical (unpaired) electrons. The summed E-state index contributed by atoms with van der Waals surface area (Å²) in [6.45, 7) is 3.52. The van der Waals surface area contributed by atoms with Gasteiger partial charge in [-0.3, -0.25) is 4.99 Å². The molecule has 2 N–H and O–H groups in total. The van der Waals surface area contributed by atoms with Gasteiger partial charge in [0.1, 0.15) is 0 Å². The molecule has 0 fully saturated rings. The summed E-state index contributed by atoms with van der Waals surface area (Å²) >= 11 is 0. The fourth-order valence-electron chi connectivity index (χ4n) is 2.95. The second-order valence-corrected chi connectivity index (χ2v) is 5.92. The second kappa shape index (κ2) is 15.1. The average molecular weight is 331 g/mol. The SMILES string of the molecule is CCCCCCCCC(CCC=NCCN)C(OC)(OC)OC. The minimum absolute atomic E-state index is 0.193. The van der Waals surface area contributed by atoms with Crippen molar-refractivity contribution in [2.75, 3.05) is 34.4 Å². The van der Waals surface area contributed by atoms with Crippen LogP contribution >= 0.6 is 0 Å². The van der Waals surface area contributed by atoms with Crippen molar-refractivity contribution in [3.63, 3.8) is 0 Å². The first-order valence-electron chi connectivity index (χ1n) is 9.04. The Labute approximate surface area is 143 Å². The maximum absolute atomic E-state index is 5.56. The van der Waals surface area contributed by atoms with Crippen LogP contribution in [0.4, 0.5) is 0 Å². The van der Waals surface area contributed by atoms with E-state index in [2.05, 4.69) is 11.9 Å². The molecule has 0 amide bonds. The number of nitrogens with two attached hydrogens (primary N) is 1. The van der Waals surface area contributed by atoms with E-state index in [0.717, 1.165) is 19.3 Å². The predicted molar refractivity (Wildman–Crippen MR) is 96.9 cm³/mol. The summed E-state index contributed by atoms with van der Waals surface area (Å²) in [4.78, 5) is 4.28. The Kier molecular flexibility index (Phi) is 14.7. The van der Waals surface area contributed by atoms with Crippen molar-refractivity contribution < 1.29 is 14.2 Å². The summed E-state index contributed by atoms with van der Waals surface area (Å²) < 4.78 is 16.7.